The van der Waals surface area contributed by atoms with Crippen molar-refractivity contribution in [3.63, 3.8) is 0 Å². The van der Waals surface area contributed by atoms with Crippen LogP contribution in [0.1, 0.15) is 21.6 Å². The van der Waals surface area contributed by atoms with E-state index in [0.717, 1.165) is 42.4 Å². The average molecular weight is 355 g/mol. The number of hydrogen-bond acceptors (Lipinski definition) is 5. The lowest BCUT2D eigenvalue weighted by Crippen LogP contribution is -2.48. The van der Waals surface area contributed by atoms with Crippen LogP contribution in [0.3, 0.4) is 0 Å². The van der Waals surface area contributed by atoms with E-state index in [1.165, 1.54) is 0 Å². The Morgan fingerprint density at radius 2 is 1.85 bits per heavy atom. The zero-order valence-corrected chi connectivity index (χ0v) is 15.6. The van der Waals surface area contributed by atoms with Gasteiger partial charge in [-0.1, -0.05) is 0 Å². The van der Waals surface area contributed by atoms with Crippen LogP contribution < -0.4 is 9.47 Å². The first kappa shape index (κ1) is 18.2. The van der Waals surface area contributed by atoms with Crippen molar-refractivity contribution in [3.8, 4) is 11.5 Å². The summed E-state index contributed by atoms with van der Waals surface area (Å²) in [5.74, 6) is 1.73. The van der Waals surface area contributed by atoms with Crippen molar-refractivity contribution in [3.05, 3.63) is 53.3 Å². The average Bonchev–Trinajstić information content (AvgIpc) is 2.68. The molecule has 138 valence electrons. The van der Waals surface area contributed by atoms with Crippen LogP contribution in [-0.2, 0) is 6.54 Å². The fourth-order valence-corrected chi connectivity index (χ4v) is 3.13. The van der Waals surface area contributed by atoms with Crippen LogP contribution in [0.4, 0.5) is 0 Å². The second-order valence-corrected chi connectivity index (χ2v) is 6.43. The molecule has 2 heterocycles. The number of rotatable bonds is 5. The van der Waals surface area contributed by atoms with E-state index in [0.29, 0.717) is 18.7 Å². The molecule has 0 radical (unpaired) electrons. The van der Waals surface area contributed by atoms with Gasteiger partial charge in [0.25, 0.3) is 5.91 Å². The molecule has 2 aromatic rings. The molecule has 0 aliphatic carbocycles. The Balaban J connectivity index is 1.60. The lowest BCUT2D eigenvalue weighted by atomic mass is 10.1. The molecule has 1 aliphatic rings. The summed E-state index contributed by atoms with van der Waals surface area (Å²) in [5.41, 5.74) is 2.66. The number of aromatic nitrogens is 1. The van der Waals surface area contributed by atoms with Gasteiger partial charge in [-0.25, -0.2) is 0 Å². The quantitative estimate of drug-likeness (QED) is 0.824. The number of pyridine rings is 1. The van der Waals surface area contributed by atoms with Crippen LogP contribution in [0.15, 0.2) is 36.5 Å². The summed E-state index contributed by atoms with van der Waals surface area (Å²) in [6.07, 6.45) is 1.66. The van der Waals surface area contributed by atoms with Crippen LogP contribution in [0.2, 0.25) is 0 Å². The normalized spacial score (nSPS) is 15.0. The molecule has 6 nitrogen and oxygen atoms in total. The minimum Gasteiger partial charge on any atom is -0.497 e. The van der Waals surface area contributed by atoms with Crippen LogP contribution in [0, 0.1) is 6.92 Å². The van der Waals surface area contributed by atoms with Gasteiger partial charge in [-0.15, -0.1) is 0 Å². The number of benzene rings is 1. The van der Waals surface area contributed by atoms with Gasteiger partial charge in [0.1, 0.15) is 11.5 Å². The van der Waals surface area contributed by atoms with E-state index in [1.54, 1.807) is 20.4 Å². The summed E-state index contributed by atoms with van der Waals surface area (Å²) in [6, 6.07) is 9.55. The summed E-state index contributed by atoms with van der Waals surface area (Å²) in [6.45, 7) is 5.75. The topological polar surface area (TPSA) is 54.9 Å². The number of amides is 1. The number of hydrogen-bond donors (Lipinski definition) is 0. The van der Waals surface area contributed by atoms with Gasteiger partial charge in [0.05, 0.1) is 19.8 Å². The van der Waals surface area contributed by atoms with E-state index < -0.39 is 0 Å². The number of methoxy groups -OCH3 is 2. The molecule has 1 aliphatic heterocycles. The van der Waals surface area contributed by atoms with E-state index in [2.05, 4.69) is 9.88 Å². The highest BCUT2D eigenvalue weighted by Crippen LogP contribution is 2.25. The predicted molar refractivity (Wildman–Crippen MR) is 99.7 cm³/mol. The Labute approximate surface area is 154 Å². The number of carbonyl (C=O) groups is 1. The highest BCUT2D eigenvalue weighted by molar-refractivity contribution is 5.94. The van der Waals surface area contributed by atoms with Crippen LogP contribution >= 0.6 is 0 Å². The molecule has 6 heteroatoms. The van der Waals surface area contributed by atoms with Gasteiger partial charge in [-0.2, -0.15) is 0 Å². The Morgan fingerprint density at radius 3 is 2.46 bits per heavy atom. The van der Waals surface area contributed by atoms with Gasteiger partial charge in [0.2, 0.25) is 0 Å². The monoisotopic (exact) mass is 355 g/mol. The second kappa shape index (κ2) is 8.19. The van der Waals surface area contributed by atoms with Gasteiger partial charge in [0.15, 0.2) is 0 Å². The zero-order valence-electron chi connectivity index (χ0n) is 15.6. The largest absolute Gasteiger partial charge is 0.497 e. The lowest BCUT2D eigenvalue weighted by molar-refractivity contribution is 0.0627. The minimum absolute atomic E-state index is 0.0520. The van der Waals surface area contributed by atoms with E-state index in [9.17, 15) is 4.79 Å². The van der Waals surface area contributed by atoms with Crippen molar-refractivity contribution in [2.45, 2.75) is 13.5 Å². The van der Waals surface area contributed by atoms with Gasteiger partial charge in [-0.05, 0) is 37.3 Å². The van der Waals surface area contributed by atoms with E-state index in [4.69, 9.17) is 9.47 Å². The number of nitrogens with zero attached hydrogens (tertiary/aromatic N) is 3. The minimum atomic E-state index is 0.0520. The summed E-state index contributed by atoms with van der Waals surface area (Å²) < 4.78 is 10.8. The second-order valence-electron chi connectivity index (χ2n) is 6.43. The smallest absolute Gasteiger partial charge is 0.255 e. The van der Waals surface area contributed by atoms with Gasteiger partial charge in [0, 0.05) is 50.2 Å². The molecule has 1 amide bonds. The first-order chi connectivity index (χ1) is 12.6. The Hall–Kier alpha value is -2.60. The number of piperazine rings is 1. The molecule has 0 spiro atoms. The molecule has 3 rings (SSSR count). The molecular formula is C20H25N3O3. The van der Waals surface area contributed by atoms with Crippen LogP contribution in [0.25, 0.3) is 0 Å². The maximum atomic E-state index is 12.6. The fourth-order valence-electron chi connectivity index (χ4n) is 3.13. The van der Waals surface area contributed by atoms with Crippen molar-refractivity contribution in [1.82, 2.24) is 14.8 Å². The predicted octanol–water partition coefficient (Wildman–Crippen LogP) is 2.37. The standard InChI is InChI=1S/C20H25N3O3/c1-15-4-5-16(13-21-15)20(24)23-10-8-22(9-11-23)14-17-12-18(25-2)6-7-19(17)26-3/h4-7,12-13H,8-11,14H2,1-3H3. The molecule has 0 unspecified atom stereocenters. The summed E-state index contributed by atoms with van der Waals surface area (Å²) in [4.78, 5) is 21.0. The van der Waals surface area contributed by atoms with E-state index >= 15 is 0 Å². The first-order valence-corrected chi connectivity index (χ1v) is 8.76. The molecule has 1 aromatic heterocycles. The highest BCUT2D eigenvalue weighted by Gasteiger charge is 2.23. The van der Waals surface area contributed by atoms with Crippen LogP contribution in [-0.4, -0.2) is 61.1 Å². The van der Waals surface area contributed by atoms with E-state index in [-0.39, 0.29) is 5.91 Å². The summed E-state index contributed by atoms with van der Waals surface area (Å²) in [5, 5.41) is 0. The third-order valence-corrected chi connectivity index (χ3v) is 4.70. The van der Waals surface area contributed by atoms with Crippen molar-refractivity contribution in [2.75, 3.05) is 40.4 Å². The number of aryl methyl sites for hydroxylation is 1. The third-order valence-electron chi connectivity index (χ3n) is 4.70. The molecule has 0 atom stereocenters. The number of ether oxygens (including phenoxy) is 2. The van der Waals surface area contributed by atoms with Crippen LogP contribution in [0.5, 0.6) is 11.5 Å². The summed E-state index contributed by atoms with van der Waals surface area (Å²) in [7, 11) is 3.34. The van der Waals surface area contributed by atoms with E-state index in [1.807, 2.05) is 42.2 Å². The van der Waals surface area contributed by atoms with Gasteiger partial charge >= 0.3 is 0 Å². The maximum absolute atomic E-state index is 12.6. The molecule has 0 saturated carbocycles. The zero-order chi connectivity index (χ0) is 18.5. The molecular weight excluding hydrogens is 330 g/mol. The molecule has 26 heavy (non-hydrogen) atoms. The highest BCUT2D eigenvalue weighted by atomic mass is 16.5. The van der Waals surface area contributed by atoms with Crippen molar-refractivity contribution < 1.29 is 14.3 Å². The molecule has 1 fully saturated rings. The Kier molecular flexibility index (Phi) is 5.73. The van der Waals surface area contributed by atoms with Crippen molar-refractivity contribution >= 4 is 5.91 Å². The summed E-state index contributed by atoms with van der Waals surface area (Å²) >= 11 is 0. The SMILES string of the molecule is COc1ccc(OC)c(CN2CCN(C(=O)c3ccc(C)nc3)CC2)c1. The van der Waals surface area contributed by atoms with Crippen molar-refractivity contribution in [1.29, 1.82) is 0 Å². The first-order valence-electron chi connectivity index (χ1n) is 8.76. The fraction of sp³-hybridized carbons (Fsp3) is 0.400. The Morgan fingerprint density at radius 1 is 1.08 bits per heavy atom. The van der Waals surface area contributed by atoms with Gasteiger partial charge in [-0.3, -0.25) is 14.7 Å². The molecule has 0 bridgehead atoms. The lowest BCUT2D eigenvalue weighted by Gasteiger charge is -2.35. The molecule has 1 saturated heterocycles. The maximum Gasteiger partial charge on any atom is 0.255 e. The molecule has 0 N–H and O–H groups in total. The third kappa shape index (κ3) is 4.14. The number of carbonyl (C=O) groups excluding carboxylic acids is 1. The molecule has 1 aromatic carbocycles. The Bertz CT molecular complexity index is 753. The van der Waals surface area contributed by atoms with Gasteiger partial charge < -0.3 is 14.4 Å². The van der Waals surface area contributed by atoms with Crippen molar-refractivity contribution in [2.24, 2.45) is 0 Å².